The Morgan fingerprint density at radius 2 is 1.79 bits per heavy atom. The average Bonchev–Trinajstić information content (AvgIpc) is 3.14. The lowest BCUT2D eigenvalue weighted by atomic mass is 10.1. The van der Waals surface area contributed by atoms with Crippen molar-refractivity contribution in [2.75, 3.05) is 31.1 Å². The minimum atomic E-state index is -0.515. The van der Waals surface area contributed by atoms with Gasteiger partial charge in [-0.25, -0.2) is 0 Å². The second-order valence-electron chi connectivity index (χ2n) is 7.22. The Balaban J connectivity index is 1.36. The third-order valence-corrected chi connectivity index (χ3v) is 4.92. The Kier molecular flexibility index (Phi) is 4.85. The topological polar surface area (TPSA) is 75.9 Å². The zero-order valence-electron chi connectivity index (χ0n) is 16.4. The van der Waals surface area contributed by atoms with Gasteiger partial charge in [0.25, 0.3) is 5.91 Å². The Labute approximate surface area is 163 Å². The quantitative estimate of drug-likeness (QED) is 0.688. The molecule has 2 aromatic heterocycles. The molecule has 0 N–H and O–H groups in total. The summed E-state index contributed by atoms with van der Waals surface area (Å²) >= 11 is 0. The van der Waals surface area contributed by atoms with Crippen molar-refractivity contribution in [3.63, 3.8) is 0 Å². The zero-order chi connectivity index (χ0) is 19.7. The summed E-state index contributed by atoms with van der Waals surface area (Å²) in [4.78, 5) is 16.8. The SMILES string of the molecule is Cc1cc(C)cc(O[C@@H](C)C(=O)N2CCN(c3ccc4nncn4n3)CC2)c1. The number of anilines is 1. The Morgan fingerprint density at radius 3 is 2.50 bits per heavy atom. The van der Waals surface area contributed by atoms with E-state index in [0.717, 1.165) is 41.4 Å². The van der Waals surface area contributed by atoms with E-state index in [1.165, 1.54) is 0 Å². The van der Waals surface area contributed by atoms with Gasteiger partial charge >= 0.3 is 0 Å². The summed E-state index contributed by atoms with van der Waals surface area (Å²) in [6.45, 7) is 8.59. The number of hydrogen-bond donors (Lipinski definition) is 0. The number of amides is 1. The molecule has 0 unspecified atom stereocenters. The smallest absolute Gasteiger partial charge is 0.263 e. The summed E-state index contributed by atoms with van der Waals surface area (Å²) in [7, 11) is 0. The van der Waals surface area contributed by atoms with Gasteiger partial charge in [0, 0.05) is 26.2 Å². The second kappa shape index (κ2) is 7.46. The van der Waals surface area contributed by atoms with Crippen LogP contribution >= 0.6 is 0 Å². The summed E-state index contributed by atoms with van der Waals surface area (Å²) < 4.78 is 7.57. The highest BCUT2D eigenvalue weighted by atomic mass is 16.5. The van der Waals surface area contributed by atoms with Crippen molar-refractivity contribution in [3.05, 3.63) is 47.8 Å². The molecule has 1 aromatic carbocycles. The number of carbonyl (C=O) groups excluding carboxylic acids is 1. The van der Waals surface area contributed by atoms with Gasteiger partial charge in [-0.1, -0.05) is 6.07 Å². The highest BCUT2D eigenvalue weighted by Crippen LogP contribution is 2.19. The van der Waals surface area contributed by atoms with E-state index in [4.69, 9.17) is 4.74 Å². The summed E-state index contributed by atoms with van der Waals surface area (Å²) in [5.74, 6) is 1.61. The highest BCUT2D eigenvalue weighted by molar-refractivity contribution is 5.81. The number of benzene rings is 1. The fourth-order valence-corrected chi connectivity index (χ4v) is 3.56. The first-order valence-electron chi connectivity index (χ1n) is 9.45. The van der Waals surface area contributed by atoms with Crippen LogP contribution in [0.4, 0.5) is 5.82 Å². The molecule has 4 rings (SSSR count). The fraction of sp³-hybridized carbons (Fsp3) is 0.400. The molecule has 8 heteroatoms. The largest absolute Gasteiger partial charge is 0.481 e. The van der Waals surface area contributed by atoms with Gasteiger partial charge in [-0.05, 0) is 56.2 Å². The molecule has 28 heavy (non-hydrogen) atoms. The van der Waals surface area contributed by atoms with Crippen LogP contribution in [-0.2, 0) is 4.79 Å². The first kappa shape index (κ1) is 18.2. The maximum atomic E-state index is 12.8. The van der Waals surface area contributed by atoms with Crippen molar-refractivity contribution in [1.29, 1.82) is 0 Å². The number of ether oxygens (including phenoxy) is 1. The summed E-state index contributed by atoms with van der Waals surface area (Å²) in [6, 6.07) is 9.84. The first-order chi connectivity index (χ1) is 13.5. The maximum Gasteiger partial charge on any atom is 0.263 e. The molecule has 1 atom stereocenters. The first-order valence-corrected chi connectivity index (χ1v) is 9.45. The van der Waals surface area contributed by atoms with E-state index in [2.05, 4.69) is 26.3 Å². The molecule has 0 aliphatic carbocycles. The molecule has 3 aromatic rings. The van der Waals surface area contributed by atoms with E-state index in [1.54, 1.807) is 10.8 Å². The minimum Gasteiger partial charge on any atom is -0.481 e. The molecule has 0 spiro atoms. The van der Waals surface area contributed by atoms with E-state index in [0.29, 0.717) is 13.1 Å². The van der Waals surface area contributed by atoms with Crippen molar-refractivity contribution in [2.24, 2.45) is 0 Å². The molecule has 146 valence electrons. The molecule has 1 aliphatic heterocycles. The summed E-state index contributed by atoms with van der Waals surface area (Å²) in [5, 5.41) is 12.3. The fourth-order valence-electron chi connectivity index (χ4n) is 3.56. The molecule has 0 saturated carbocycles. The number of fused-ring (bicyclic) bond motifs is 1. The number of aromatic nitrogens is 4. The number of piperazine rings is 1. The van der Waals surface area contributed by atoms with Gasteiger partial charge in [-0.3, -0.25) is 4.79 Å². The van der Waals surface area contributed by atoms with Gasteiger partial charge in [0.15, 0.2) is 11.8 Å². The van der Waals surface area contributed by atoms with Crippen molar-refractivity contribution in [3.8, 4) is 5.75 Å². The van der Waals surface area contributed by atoms with Crippen LogP contribution in [0, 0.1) is 13.8 Å². The van der Waals surface area contributed by atoms with Crippen molar-refractivity contribution in [1.82, 2.24) is 24.7 Å². The number of hydrogen-bond acceptors (Lipinski definition) is 6. The van der Waals surface area contributed by atoms with Gasteiger partial charge in [0.1, 0.15) is 17.9 Å². The van der Waals surface area contributed by atoms with Crippen LogP contribution in [0.25, 0.3) is 5.65 Å². The second-order valence-corrected chi connectivity index (χ2v) is 7.22. The molecular formula is C20H24N6O2. The Morgan fingerprint density at radius 1 is 1.07 bits per heavy atom. The lowest BCUT2D eigenvalue weighted by Gasteiger charge is -2.36. The third-order valence-electron chi connectivity index (χ3n) is 4.92. The Bertz CT molecular complexity index is 973. The van der Waals surface area contributed by atoms with Crippen LogP contribution in [0.15, 0.2) is 36.7 Å². The van der Waals surface area contributed by atoms with E-state index in [1.807, 2.05) is 49.9 Å². The van der Waals surface area contributed by atoms with Gasteiger partial charge < -0.3 is 14.5 Å². The van der Waals surface area contributed by atoms with Crippen LogP contribution in [0.5, 0.6) is 5.75 Å². The summed E-state index contributed by atoms with van der Waals surface area (Å²) in [6.07, 6.45) is 1.07. The average molecular weight is 380 g/mol. The van der Waals surface area contributed by atoms with E-state index in [-0.39, 0.29) is 5.91 Å². The maximum absolute atomic E-state index is 12.8. The lowest BCUT2D eigenvalue weighted by Crippen LogP contribution is -2.52. The predicted molar refractivity (Wildman–Crippen MR) is 106 cm³/mol. The minimum absolute atomic E-state index is 0.0148. The van der Waals surface area contributed by atoms with Crippen LogP contribution in [-0.4, -0.2) is 62.9 Å². The monoisotopic (exact) mass is 380 g/mol. The number of aryl methyl sites for hydroxylation is 2. The third kappa shape index (κ3) is 3.76. The van der Waals surface area contributed by atoms with Gasteiger partial charge in [-0.2, -0.15) is 4.52 Å². The van der Waals surface area contributed by atoms with Crippen LogP contribution in [0.1, 0.15) is 18.1 Å². The van der Waals surface area contributed by atoms with E-state index in [9.17, 15) is 4.79 Å². The van der Waals surface area contributed by atoms with Crippen molar-refractivity contribution >= 4 is 17.4 Å². The van der Waals surface area contributed by atoms with Gasteiger partial charge in [-0.15, -0.1) is 15.3 Å². The molecule has 1 fully saturated rings. The van der Waals surface area contributed by atoms with Crippen molar-refractivity contribution in [2.45, 2.75) is 26.9 Å². The van der Waals surface area contributed by atoms with Crippen molar-refractivity contribution < 1.29 is 9.53 Å². The molecule has 1 aliphatic rings. The standard InChI is InChI=1S/C20H24N6O2/c1-14-10-15(2)12-17(11-14)28-16(3)20(27)25-8-6-24(7-9-25)19-5-4-18-22-21-13-26(18)23-19/h4-5,10-13,16H,6-9H2,1-3H3/t16-/m0/s1. The molecule has 1 amide bonds. The van der Waals surface area contributed by atoms with Gasteiger partial charge in [0.2, 0.25) is 0 Å². The van der Waals surface area contributed by atoms with E-state index < -0.39 is 6.10 Å². The normalized spacial score (nSPS) is 15.7. The van der Waals surface area contributed by atoms with Gasteiger partial charge in [0.05, 0.1) is 0 Å². The molecule has 8 nitrogen and oxygen atoms in total. The van der Waals surface area contributed by atoms with Crippen LogP contribution in [0.3, 0.4) is 0 Å². The molecule has 0 radical (unpaired) electrons. The highest BCUT2D eigenvalue weighted by Gasteiger charge is 2.26. The van der Waals surface area contributed by atoms with Crippen LogP contribution < -0.4 is 9.64 Å². The summed E-state index contributed by atoms with van der Waals surface area (Å²) in [5.41, 5.74) is 2.97. The van der Waals surface area contributed by atoms with Crippen LogP contribution in [0.2, 0.25) is 0 Å². The number of carbonyl (C=O) groups is 1. The number of nitrogens with zero attached hydrogens (tertiary/aromatic N) is 6. The molecule has 3 heterocycles. The number of rotatable bonds is 4. The molecule has 0 bridgehead atoms. The van der Waals surface area contributed by atoms with E-state index >= 15 is 0 Å². The zero-order valence-corrected chi connectivity index (χ0v) is 16.4. The Hall–Kier alpha value is -3.16. The lowest BCUT2D eigenvalue weighted by molar-refractivity contribution is -0.138. The molecular weight excluding hydrogens is 356 g/mol. The molecule has 1 saturated heterocycles. The predicted octanol–water partition coefficient (Wildman–Crippen LogP) is 1.86.